The Hall–Kier alpha value is -1.37. The third-order valence-corrected chi connectivity index (χ3v) is 5.62. The summed E-state index contributed by atoms with van der Waals surface area (Å²) >= 11 is 0. The van der Waals surface area contributed by atoms with E-state index in [9.17, 15) is 13.2 Å². The molecule has 0 saturated carbocycles. The molecule has 1 amide bonds. The van der Waals surface area contributed by atoms with E-state index >= 15 is 0 Å². The van der Waals surface area contributed by atoms with Crippen molar-refractivity contribution in [3.8, 4) is 0 Å². The van der Waals surface area contributed by atoms with Crippen LogP contribution in [0.3, 0.4) is 0 Å². The Kier molecular flexibility index (Phi) is 5.03. The highest BCUT2D eigenvalue weighted by Gasteiger charge is 2.34. The molecule has 1 aliphatic rings. The maximum absolute atomic E-state index is 12.7. The van der Waals surface area contributed by atoms with E-state index < -0.39 is 9.84 Å². The fraction of sp³-hybridized carbons (Fsp3) is 0.714. The lowest BCUT2D eigenvalue weighted by atomic mass is 10.1. The van der Waals surface area contributed by atoms with Gasteiger partial charge in [-0.05, 0) is 19.8 Å². The number of hydrogen-bond acceptors (Lipinski definition) is 4. The number of hydrogen-bond donors (Lipinski definition) is 0. The summed E-state index contributed by atoms with van der Waals surface area (Å²) in [7, 11) is -3.00. The molecule has 0 spiro atoms. The summed E-state index contributed by atoms with van der Waals surface area (Å²) in [5.41, 5.74) is 0.539. The second kappa shape index (κ2) is 6.60. The van der Waals surface area contributed by atoms with Crippen molar-refractivity contribution in [1.29, 1.82) is 0 Å². The van der Waals surface area contributed by atoms with E-state index in [2.05, 4.69) is 12.0 Å². The van der Waals surface area contributed by atoms with Crippen LogP contribution in [0.2, 0.25) is 0 Å². The van der Waals surface area contributed by atoms with E-state index in [4.69, 9.17) is 0 Å². The van der Waals surface area contributed by atoms with Crippen LogP contribution in [0.15, 0.2) is 12.4 Å². The van der Waals surface area contributed by atoms with Gasteiger partial charge in [0.25, 0.3) is 5.91 Å². The van der Waals surface area contributed by atoms with E-state index in [1.807, 2.05) is 6.92 Å². The molecule has 1 aromatic heterocycles. The SMILES string of the molecule is CCCCN(C(=O)c1cnn(CC)c1)C1CCS(=O)(=O)C1. The summed E-state index contributed by atoms with van der Waals surface area (Å²) in [6.07, 6.45) is 5.68. The summed E-state index contributed by atoms with van der Waals surface area (Å²) in [6, 6.07) is -0.195. The predicted molar refractivity (Wildman–Crippen MR) is 80.9 cm³/mol. The number of carbonyl (C=O) groups is 1. The van der Waals surface area contributed by atoms with Crippen LogP contribution in [0.25, 0.3) is 0 Å². The Morgan fingerprint density at radius 2 is 2.24 bits per heavy atom. The molecular formula is C14H23N3O3S. The lowest BCUT2D eigenvalue weighted by Gasteiger charge is -2.27. The number of aromatic nitrogens is 2. The van der Waals surface area contributed by atoms with Crippen molar-refractivity contribution in [1.82, 2.24) is 14.7 Å². The number of unbranched alkanes of at least 4 members (excludes halogenated alkanes) is 1. The molecule has 118 valence electrons. The van der Waals surface area contributed by atoms with E-state index in [0.29, 0.717) is 25.1 Å². The standard InChI is InChI=1S/C14H23N3O3S/c1-3-5-7-17(13-6-8-21(19,20)11-13)14(18)12-9-15-16(4-2)10-12/h9-10,13H,3-8,11H2,1-2H3. The molecule has 21 heavy (non-hydrogen) atoms. The van der Waals surface area contributed by atoms with Crippen molar-refractivity contribution in [2.45, 2.75) is 45.7 Å². The van der Waals surface area contributed by atoms with Gasteiger partial charge in [-0.2, -0.15) is 5.10 Å². The molecule has 1 saturated heterocycles. The highest BCUT2D eigenvalue weighted by molar-refractivity contribution is 7.91. The third-order valence-electron chi connectivity index (χ3n) is 3.87. The summed E-state index contributed by atoms with van der Waals surface area (Å²) in [5.74, 6) is 0.164. The Morgan fingerprint density at radius 1 is 1.48 bits per heavy atom. The van der Waals surface area contributed by atoms with Gasteiger partial charge in [-0.1, -0.05) is 13.3 Å². The first-order valence-electron chi connectivity index (χ1n) is 7.50. The summed E-state index contributed by atoms with van der Waals surface area (Å²) in [6.45, 7) is 5.33. The monoisotopic (exact) mass is 313 g/mol. The highest BCUT2D eigenvalue weighted by Crippen LogP contribution is 2.20. The average molecular weight is 313 g/mol. The van der Waals surface area contributed by atoms with Gasteiger partial charge in [-0.25, -0.2) is 8.42 Å². The fourth-order valence-electron chi connectivity index (χ4n) is 2.61. The lowest BCUT2D eigenvalue weighted by Crippen LogP contribution is -2.41. The average Bonchev–Trinajstić information content (AvgIpc) is 3.05. The molecule has 0 aromatic carbocycles. The Bertz CT molecular complexity index is 594. The molecular weight excluding hydrogens is 290 g/mol. The van der Waals surface area contributed by atoms with Crippen molar-refractivity contribution in [2.75, 3.05) is 18.1 Å². The van der Waals surface area contributed by atoms with E-state index in [1.54, 1.807) is 22.0 Å². The van der Waals surface area contributed by atoms with Crippen LogP contribution in [0, 0.1) is 0 Å². The zero-order valence-electron chi connectivity index (χ0n) is 12.7. The van der Waals surface area contributed by atoms with Gasteiger partial charge in [0, 0.05) is 25.3 Å². The van der Waals surface area contributed by atoms with Crippen LogP contribution in [0.4, 0.5) is 0 Å². The minimum atomic E-state index is -3.00. The summed E-state index contributed by atoms with van der Waals surface area (Å²) in [4.78, 5) is 14.4. The molecule has 1 unspecified atom stereocenters. The van der Waals surface area contributed by atoms with Crippen molar-refractivity contribution in [3.63, 3.8) is 0 Å². The van der Waals surface area contributed by atoms with Crippen LogP contribution in [-0.2, 0) is 16.4 Å². The maximum Gasteiger partial charge on any atom is 0.257 e. The van der Waals surface area contributed by atoms with Crippen molar-refractivity contribution < 1.29 is 13.2 Å². The quantitative estimate of drug-likeness (QED) is 0.794. The van der Waals surface area contributed by atoms with Crippen molar-refractivity contribution in [2.24, 2.45) is 0 Å². The number of amides is 1. The van der Waals surface area contributed by atoms with Gasteiger partial charge in [0.2, 0.25) is 0 Å². The first-order chi connectivity index (χ1) is 9.96. The van der Waals surface area contributed by atoms with Gasteiger partial charge in [0.1, 0.15) is 0 Å². The van der Waals surface area contributed by atoms with Gasteiger partial charge >= 0.3 is 0 Å². The topological polar surface area (TPSA) is 72.3 Å². The molecule has 1 fully saturated rings. The van der Waals surface area contributed by atoms with Crippen LogP contribution >= 0.6 is 0 Å². The Morgan fingerprint density at radius 3 is 2.76 bits per heavy atom. The number of aryl methyl sites for hydroxylation is 1. The zero-order chi connectivity index (χ0) is 15.5. The highest BCUT2D eigenvalue weighted by atomic mass is 32.2. The van der Waals surface area contributed by atoms with Crippen molar-refractivity contribution in [3.05, 3.63) is 18.0 Å². The molecule has 0 aliphatic carbocycles. The number of rotatable bonds is 6. The van der Waals surface area contributed by atoms with Gasteiger partial charge in [0.15, 0.2) is 9.84 Å². The first-order valence-corrected chi connectivity index (χ1v) is 9.32. The molecule has 2 heterocycles. The lowest BCUT2D eigenvalue weighted by molar-refractivity contribution is 0.0694. The Labute approximate surface area is 126 Å². The van der Waals surface area contributed by atoms with Gasteiger partial charge in [0.05, 0.1) is 23.3 Å². The maximum atomic E-state index is 12.7. The smallest absolute Gasteiger partial charge is 0.257 e. The number of sulfone groups is 1. The second-order valence-electron chi connectivity index (χ2n) is 5.49. The van der Waals surface area contributed by atoms with Crippen LogP contribution in [0.1, 0.15) is 43.5 Å². The summed E-state index contributed by atoms with van der Waals surface area (Å²) < 4.78 is 25.1. The third kappa shape index (κ3) is 3.84. The van der Waals surface area contributed by atoms with Crippen LogP contribution in [-0.4, -0.2) is 53.1 Å². The normalized spacial score (nSPS) is 20.6. The molecule has 6 nitrogen and oxygen atoms in total. The van der Waals surface area contributed by atoms with Crippen LogP contribution < -0.4 is 0 Å². The van der Waals surface area contributed by atoms with Gasteiger partial charge in [-0.15, -0.1) is 0 Å². The molecule has 0 N–H and O–H groups in total. The minimum Gasteiger partial charge on any atom is -0.335 e. The second-order valence-corrected chi connectivity index (χ2v) is 7.72. The molecule has 0 radical (unpaired) electrons. The largest absolute Gasteiger partial charge is 0.335 e. The van der Waals surface area contributed by atoms with Crippen LogP contribution in [0.5, 0.6) is 0 Å². The molecule has 2 rings (SSSR count). The van der Waals surface area contributed by atoms with E-state index in [1.165, 1.54) is 0 Å². The predicted octanol–water partition coefficient (Wildman–Crippen LogP) is 1.33. The minimum absolute atomic E-state index is 0.0877. The van der Waals surface area contributed by atoms with Gasteiger partial charge in [-0.3, -0.25) is 9.48 Å². The molecule has 1 atom stereocenters. The fourth-order valence-corrected chi connectivity index (χ4v) is 4.34. The molecule has 0 bridgehead atoms. The van der Waals surface area contributed by atoms with E-state index in [-0.39, 0.29) is 23.5 Å². The van der Waals surface area contributed by atoms with Crippen molar-refractivity contribution >= 4 is 15.7 Å². The number of nitrogens with zero attached hydrogens (tertiary/aromatic N) is 3. The molecule has 1 aliphatic heterocycles. The zero-order valence-corrected chi connectivity index (χ0v) is 13.5. The van der Waals surface area contributed by atoms with Gasteiger partial charge < -0.3 is 4.90 Å². The summed E-state index contributed by atoms with van der Waals surface area (Å²) in [5, 5.41) is 4.12. The molecule has 1 aromatic rings. The van der Waals surface area contributed by atoms with E-state index in [0.717, 1.165) is 12.8 Å². The molecule has 7 heteroatoms. The number of carbonyl (C=O) groups excluding carboxylic acids is 1. The Balaban J connectivity index is 2.17. The first kappa shape index (κ1) is 16.0.